The highest BCUT2D eigenvalue weighted by molar-refractivity contribution is 6.04. The summed E-state index contributed by atoms with van der Waals surface area (Å²) in [5, 5.41) is 10.7. The number of nitrogens with zero attached hydrogens (tertiary/aromatic N) is 1. The Bertz CT molecular complexity index is 522. The predicted molar refractivity (Wildman–Crippen MR) is 54.7 cm³/mol. The maximum atomic E-state index is 11.4. The van der Waals surface area contributed by atoms with Crippen molar-refractivity contribution in [3.8, 4) is 5.75 Å². The van der Waals surface area contributed by atoms with Gasteiger partial charge in [0, 0.05) is 10.8 Å². The van der Waals surface area contributed by atoms with Gasteiger partial charge >= 0.3 is 5.97 Å². The molecule has 0 spiro atoms. The van der Waals surface area contributed by atoms with Crippen LogP contribution in [0, 0.1) is 0 Å². The van der Waals surface area contributed by atoms with Crippen LogP contribution in [0.3, 0.4) is 0 Å². The zero-order valence-electron chi connectivity index (χ0n) is 8.10. The monoisotopic (exact) mass is 203 g/mol. The molecule has 15 heavy (non-hydrogen) atoms. The average Bonchev–Trinajstić information content (AvgIpc) is 2.29. The van der Waals surface area contributed by atoms with Gasteiger partial charge in [0.2, 0.25) is 0 Å². The smallest absolute Gasteiger partial charge is 0.357 e. The fourth-order valence-electron chi connectivity index (χ4n) is 1.44. The third-order valence-corrected chi connectivity index (χ3v) is 2.15. The number of benzene rings is 1. The molecule has 0 radical (unpaired) electrons. The van der Waals surface area contributed by atoms with Crippen LogP contribution in [0.4, 0.5) is 0 Å². The standard InChI is InChI=1S/C11H9NO3/c1-15-11(14)10-8-5-3-2-4-7(8)9(13)6-12-10/h2-6,13H,1H3. The van der Waals surface area contributed by atoms with Crippen molar-refractivity contribution >= 4 is 16.7 Å². The van der Waals surface area contributed by atoms with Gasteiger partial charge in [0.25, 0.3) is 0 Å². The van der Waals surface area contributed by atoms with Crippen LogP contribution < -0.4 is 0 Å². The number of rotatable bonds is 1. The van der Waals surface area contributed by atoms with Crippen molar-refractivity contribution in [2.45, 2.75) is 0 Å². The summed E-state index contributed by atoms with van der Waals surface area (Å²) in [4.78, 5) is 15.2. The summed E-state index contributed by atoms with van der Waals surface area (Å²) in [7, 11) is 1.30. The molecule has 1 N–H and O–H groups in total. The zero-order valence-corrected chi connectivity index (χ0v) is 8.10. The van der Waals surface area contributed by atoms with Crippen molar-refractivity contribution in [2.75, 3.05) is 7.11 Å². The molecule has 0 aliphatic rings. The minimum absolute atomic E-state index is 0.0539. The normalized spacial score (nSPS) is 10.2. The third kappa shape index (κ3) is 1.50. The number of hydrogen-bond donors (Lipinski definition) is 1. The number of fused-ring (bicyclic) bond motifs is 1. The molecule has 76 valence electrons. The summed E-state index contributed by atoms with van der Waals surface area (Å²) in [5.74, 6) is -0.454. The molecule has 0 aliphatic heterocycles. The lowest BCUT2D eigenvalue weighted by molar-refractivity contribution is 0.0596. The Morgan fingerprint density at radius 1 is 1.33 bits per heavy atom. The quantitative estimate of drug-likeness (QED) is 0.717. The summed E-state index contributed by atoms with van der Waals surface area (Å²) in [6, 6.07) is 6.99. The van der Waals surface area contributed by atoms with Crippen LogP contribution in [0.15, 0.2) is 30.5 Å². The van der Waals surface area contributed by atoms with Gasteiger partial charge in [-0.15, -0.1) is 0 Å². The first-order chi connectivity index (χ1) is 7.24. The topological polar surface area (TPSA) is 59.4 Å². The molecule has 0 bridgehead atoms. The lowest BCUT2D eigenvalue weighted by Crippen LogP contribution is -2.04. The Labute approximate surface area is 86.1 Å². The molecule has 2 rings (SSSR count). The third-order valence-electron chi connectivity index (χ3n) is 2.15. The van der Waals surface area contributed by atoms with E-state index in [-0.39, 0.29) is 11.4 Å². The molecular weight excluding hydrogens is 194 g/mol. The molecule has 1 aromatic carbocycles. The van der Waals surface area contributed by atoms with Crippen LogP contribution >= 0.6 is 0 Å². The number of aromatic hydroxyl groups is 1. The van der Waals surface area contributed by atoms with Gasteiger partial charge in [0.15, 0.2) is 5.69 Å². The summed E-state index contributed by atoms with van der Waals surface area (Å²) < 4.78 is 4.60. The fourth-order valence-corrected chi connectivity index (χ4v) is 1.44. The van der Waals surface area contributed by atoms with Crippen molar-refractivity contribution in [3.05, 3.63) is 36.2 Å². The summed E-state index contributed by atoms with van der Waals surface area (Å²) in [6.45, 7) is 0. The van der Waals surface area contributed by atoms with E-state index in [1.165, 1.54) is 13.3 Å². The highest BCUT2D eigenvalue weighted by Crippen LogP contribution is 2.25. The van der Waals surface area contributed by atoms with E-state index in [1.54, 1.807) is 24.3 Å². The van der Waals surface area contributed by atoms with Crippen molar-refractivity contribution in [2.24, 2.45) is 0 Å². The van der Waals surface area contributed by atoms with Gasteiger partial charge in [-0.05, 0) is 0 Å². The number of hydrogen-bond acceptors (Lipinski definition) is 4. The fraction of sp³-hybridized carbons (Fsp3) is 0.0909. The van der Waals surface area contributed by atoms with Gasteiger partial charge in [0.1, 0.15) is 5.75 Å². The number of carbonyl (C=O) groups is 1. The zero-order chi connectivity index (χ0) is 10.8. The molecular formula is C11H9NO3. The van der Waals surface area contributed by atoms with Crippen molar-refractivity contribution in [3.63, 3.8) is 0 Å². The molecule has 1 heterocycles. The second-order valence-corrected chi connectivity index (χ2v) is 3.03. The molecule has 1 aromatic heterocycles. The number of esters is 1. The van der Waals surface area contributed by atoms with Crippen LogP contribution in [0.5, 0.6) is 5.75 Å². The van der Waals surface area contributed by atoms with Gasteiger partial charge in [0.05, 0.1) is 13.3 Å². The minimum Gasteiger partial charge on any atom is -0.506 e. The second-order valence-electron chi connectivity index (χ2n) is 3.03. The molecule has 0 amide bonds. The Morgan fingerprint density at radius 2 is 2.00 bits per heavy atom. The summed E-state index contributed by atoms with van der Waals surface area (Å²) in [6.07, 6.45) is 1.24. The lowest BCUT2D eigenvalue weighted by Gasteiger charge is -2.04. The van der Waals surface area contributed by atoms with E-state index in [9.17, 15) is 9.90 Å². The van der Waals surface area contributed by atoms with Gasteiger partial charge < -0.3 is 9.84 Å². The van der Waals surface area contributed by atoms with E-state index in [4.69, 9.17) is 0 Å². The molecule has 4 heteroatoms. The molecule has 0 saturated carbocycles. The molecule has 2 aromatic rings. The van der Waals surface area contributed by atoms with Crippen LogP contribution in [-0.4, -0.2) is 23.2 Å². The average molecular weight is 203 g/mol. The maximum absolute atomic E-state index is 11.4. The Hall–Kier alpha value is -2.10. The van der Waals surface area contributed by atoms with Gasteiger partial charge in [-0.1, -0.05) is 24.3 Å². The molecule has 0 aliphatic carbocycles. The first-order valence-electron chi connectivity index (χ1n) is 4.39. The number of ether oxygens (including phenoxy) is 1. The highest BCUT2D eigenvalue weighted by Gasteiger charge is 2.13. The first kappa shape index (κ1) is 9.45. The second kappa shape index (κ2) is 3.57. The highest BCUT2D eigenvalue weighted by atomic mass is 16.5. The van der Waals surface area contributed by atoms with Crippen molar-refractivity contribution in [1.82, 2.24) is 4.98 Å². The molecule has 0 atom stereocenters. The number of methoxy groups -OCH3 is 1. The largest absolute Gasteiger partial charge is 0.506 e. The molecule has 0 unspecified atom stereocenters. The van der Waals surface area contributed by atoms with E-state index in [0.29, 0.717) is 10.8 Å². The van der Waals surface area contributed by atoms with Crippen LogP contribution in [0.1, 0.15) is 10.5 Å². The van der Waals surface area contributed by atoms with E-state index in [0.717, 1.165) is 0 Å². The van der Waals surface area contributed by atoms with E-state index < -0.39 is 5.97 Å². The summed E-state index contributed by atoms with van der Waals surface area (Å²) in [5.41, 5.74) is 0.214. The van der Waals surface area contributed by atoms with E-state index in [1.807, 2.05) is 0 Å². The van der Waals surface area contributed by atoms with Crippen LogP contribution in [-0.2, 0) is 4.74 Å². The maximum Gasteiger partial charge on any atom is 0.357 e. The molecule has 0 fully saturated rings. The molecule has 4 nitrogen and oxygen atoms in total. The first-order valence-corrected chi connectivity index (χ1v) is 4.39. The van der Waals surface area contributed by atoms with E-state index in [2.05, 4.69) is 9.72 Å². The summed E-state index contributed by atoms with van der Waals surface area (Å²) >= 11 is 0. The minimum atomic E-state index is -0.508. The predicted octanol–water partition coefficient (Wildman–Crippen LogP) is 1.73. The number of aromatic nitrogens is 1. The van der Waals surface area contributed by atoms with E-state index >= 15 is 0 Å². The number of carbonyl (C=O) groups excluding carboxylic acids is 1. The van der Waals surface area contributed by atoms with Gasteiger partial charge in [-0.25, -0.2) is 9.78 Å². The van der Waals surface area contributed by atoms with Crippen LogP contribution in [0.2, 0.25) is 0 Å². The Morgan fingerprint density at radius 3 is 2.67 bits per heavy atom. The SMILES string of the molecule is COC(=O)c1ncc(O)c2ccccc12. The van der Waals surface area contributed by atoms with Crippen LogP contribution in [0.25, 0.3) is 10.8 Å². The number of pyridine rings is 1. The molecule has 0 saturated heterocycles. The lowest BCUT2D eigenvalue weighted by atomic mass is 10.1. The van der Waals surface area contributed by atoms with Crippen molar-refractivity contribution in [1.29, 1.82) is 0 Å². The Balaban J connectivity index is 2.77. The van der Waals surface area contributed by atoms with Gasteiger partial charge in [-0.2, -0.15) is 0 Å². The Kier molecular flexibility index (Phi) is 2.25. The van der Waals surface area contributed by atoms with Gasteiger partial charge in [-0.3, -0.25) is 0 Å². The van der Waals surface area contributed by atoms with Crippen molar-refractivity contribution < 1.29 is 14.6 Å².